The lowest BCUT2D eigenvalue weighted by Crippen LogP contribution is -2.50. The minimum atomic E-state index is -3.71. The molecule has 1 heterocycles. The Morgan fingerprint density at radius 1 is 1.00 bits per heavy atom. The van der Waals surface area contributed by atoms with E-state index in [1.807, 2.05) is 6.92 Å². The third kappa shape index (κ3) is 5.16. The van der Waals surface area contributed by atoms with Gasteiger partial charge in [0.15, 0.2) is 11.5 Å². The van der Waals surface area contributed by atoms with Gasteiger partial charge >= 0.3 is 0 Å². The van der Waals surface area contributed by atoms with Crippen molar-refractivity contribution in [2.45, 2.75) is 24.2 Å². The highest BCUT2D eigenvalue weighted by Gasteiger charge is 2.31. The van der Waals surface area contributed by atoms with E-state index in [-0.39, 0.29) is 42.0 Å². The number of piperazine rings is 1. The van der Waals surface area contributed by atoms with Crippen molar-refractivity contribution in [3.8, 4) is 11.5 Å². The molecule has 31 heavy (non-hydrogen) atoms. The lowest BCUT2D eigenvalue weighted by Gasteiger charge is -2.34. The van der Waals surface area contributed by atoms with Crippen molar-refractivity contribution in [1.82, 2.24) is 9.21 Å². The number of hydrogen-bond donors (Lipinski definition) is 0. The number of carbonyl (C=O) groups is 1. The van der Waals surface area contributed by atoms with Crippen LogP contribution in [0.15, 0.2) is 47.4 Å². The van der Waals surface area contributed by atoms with E-state index in [1.54, 1.807) is 23.1 Å². The van der Waals surface area contributed by atoms with Gasteiger partial charge in [0.25, 0.3) is 0 Å². The van der Waals surface area contributed by atoms with Crippen molar-refractivity contribution in [1.29, 1.82) is 0 Å². The molecule has 1 atom stereocenters. The molecule has 1 unspecified atom stereocenters. The summed E-state index contributed by atoms with van der Waals surface area (Å²) in [6.07, 6.45) is 0.286. The van der Waals surface area contributed by atoms with Crippen LogP contribution >= 0.6 is 0 Å². The number of halogens is 1. The second-order valence-electron chi connectivity index (χ2n) is 7.46. The number of sulfonamides is 1. The number of benzene rings is 2. The van der Waals surface area contributed by atoms with Gasteiger partial charge in [-0.25, -0.2) is 12.8 Å². The molecular formula is C22H27FN2O5S. The Kier molecular flexibility index (Phi) is 7.17. The van der Waals surface area contributed by atoms with Crippen molar-refractivity contribution >= 4 is 15.9 Å². The fraction of sp³-hybridized carbons (Fsp3) is 0.409. The fourth-order valence-corrected chi connectivity index (χ4v) is 5.04. The first kappa shape index (κ1) is 23.0. The van der Waals surface area contributed by atoms with Gasteiger partial charge in [0.2, 0.25) is 15.9 Å². The Morgan fingerprint density at radius 3 is 2.19 bits per heavy atom. The first-order chi connectivity index (χ1) is 14.8. The molecule has 1 fully saturated rings. The molecule has 0 aromatic heterocycles. The molecule has 0 radical (unpaired) electrons. The summed E-state index contributed by atoms with van der Waals surface area (Å²) < 4.78 is 50.9. The molecule has 0 saturated carbocycles. The van der Waals surface area contributed by atoms with Crippen molar-refractivity contribution in [3.05, 3.63) is 53.8 Å². The lowest BCUT2D eigenvalue weighted by molar-refractivity contribution is -0.132. The molecule has 0 N–H and O–H groups in total. The Labute approximate surface area is 182 Å². The summed E-state index contributed by atoms with van der Waals surface area (Å²) in [5.41, 5.74) is 0.893. The van der Waals surface area contributed by atoms with Crippen LogP contribution in [0, 0.1) is 5.82 Å². The highest BCUT2D eigenvalue weighted by Crippen LogP contribution is 2.31. The zero-order valence-electron chi connectivity index (χ0n) is 17.9. The van der Waals surface area contributed by atoms with E-state index < -0.39 is 10.0 Å². The Balaban J connectivity index is 1.61. The molecule has 1 saturated heterocycles. The number of nitrogens with zero attached hydrogens (tertiary/aromatic N) is 2. The summed E-state index contributed by atoms with van der Waals surface area (Å²) in [7, 11) is -0.779. The second-order valence-corrected chi connectivity index (χ2v) is 9.40. The average Bonchev–Trinajstić information content (AvgIpc) is 2.78. The van der Waals surface area contributed by atoms with Crippen molar-refractivity contribution < 1.29 is 27.1 Å². The molecule has 2 aromatic carbocycles. The highest BCUT2D eigenvalue weighted by atomic mass is 32.2. The molecule has 7 nitrogen and oxygen atoms in total. The zero-order chi connectivity index (χ0) is 22.6. The molecule has 168 valence electrons. The van der Waals surface area contributed by atoms with Crippen molar-refractivity contribution in [2.24, 2.45) is 0 Å². The van der Waals surface area contributed by atoms with E-state index in [0.29, 0.717) is 24.6 Å². The predicted octanol–water partition coefficient (Wildman–Crippen LogP) is 2.87. The summed E-state index contributed by atoms with van der Waals surface area (Å²) in [6, 6.07) is 10.6. The van der Waals surface area contributed by atoms with Crippen LogP contribution in [0.2, 0.25) is 0 Å². The third-order valence-corrected chi connectivity index (χ3v) is 7.40. The summed E-state index contributed by atoms with van der Waals surface area (Å²) in [4.78, 5) is 14.5. The molecule has 2 aromatic rings. The van der Waals surface area contributed by atoms with E-state index in [1.165, 1.54) is 42.8 Å². The maximum absolute atomic E-state index is 13.1. The Morgan fingerprint density at radius 2 is 1.61 bits per heavy atom. The largest absolute Gasteiger partial charge is 0.493 e. The average molecular weight is 451 g/mol. The van der Waals surface area contributed by atoms with E-state index >= 15 is 0 Å². The van der Waals surface area contributed by atoms with Crippen LogP contribution in [0.1, 0.15) is 24.8 Å². The minimum absolute atomic E-state index is 0.0417. The van der Waals surface area contributed by atoms with Crippen LogP contribution in [0.3, 0.4) is 0 Å². The van der Waals surface area contributed by atoms with Gasteiger partial charge in [0.05, 0.1) is 19.1 Å². The normalized spacial score (nSPS) is 16.1. The summed E-state index contributed by atoms with van der Waals surface area (Å²) >= 11 is 0. The van der Waals surface area contributed by atoms with Crippen LogP contribution in [0.4, 0.5) is 4.39 Å². The van der Waals surface area contributed by atoms with Gasteiger partial charge in [-0.05, 0) is 35.7 Å². The molecule has 1 amide bonds. The van der Waals surface area contributed by atoms with Crippen LogP contribution in [-0.4, -0.2) is 63.9 Å². The summed E-state index contributed by atoms with van der Waals surface area (Å²) in [5, 5.41) is 0. The number of amides is 1. The van der Waals surface area contributed by atoms with Crippen molar-refractivity contribution in [3.63, 3.8) is 0 Å². The second kappa shape index (κ2) is 9.65. The molecule has 1 aliphatic rings. The molecule has 9 heteroatoms. The van der Waals surface area contributed by atoms with E-state index in [4.69, 9.17) is 9.47 Å². The first-order valence-corrected chi connectivity index (χ1v) is 11.5. The predicted molar refractivity (Wildman–Crippen MR) is 114 cm³/mol. The number of methoxy groups -OCH3 is 2. The third-order valence-electron chi connectivity index (χ3n) is 5.50. The van der Waals surface area contributed by atoms with E-state index in [0.717, 1.165) is 5.56 Å². The lowest BCUT2D eigenvalue weighted by atomic mass is 9.97. The minimum Gasteiger partial charge on any atom is -0.493 e. The van der Waals surface area contributed by atoms with Gasteiger partial charge in [0, 0.05) is 38.7 Å². The molecular weight excluding hydrogens is 423 g/mol. The van der Waals surface area contributed by atoms with Gasteiger partial charge < -0.3 is 14.4 Å². The van der Waals surface area contributed by atoms with Crippen LogP contribution < -0.4 is 9.47 Å². The first-order valence-electron chi connectivity index (χ1n) is 10.0. The van der Waals surface area contributed by atoms with Gasteiger partial charge in [0.1, 0.15) is 5.82 Å². The quantitative estimate of drug-likeness (QED) is 0.648. The van der Waals surface area contributed by atoms with Crippen molar-refractivity contribution in [2.75, 3.05) is 40.4 Å². The van der Waals surface area contributed by atoms with Crippen LogP contribution in [-0.2, 0) is 14.8 Å². The SMILES string of the molecule is COc1ccc(S(=O)(=O)N2CCN(C(=O)CC(C)c3ccc(F)cc3)CC2)cc1OC. The van der Waals surface area contributed by atoms with Gasteiger partial charge in [-0.15, -0.1) is 0 Å². The number of ether oxygens (including phenoxy) is 2. The summed E-state index contributed by atoms with van der Waals surface area (Å²) in [5.74, 6) is 0.384. The Bertz CT molecular complexity index is 1020. The number of rotatable bonds is 7. The molecule has 3 rings (SSSR count). The Hall–Kier alpha value is -2.65. The maximum atomic E-state index is 13.1. The standard InChI is InChI=1S/C22H27FN2O5S/c1-16(17-4-6-18(23)7-5-17)14-22(26)24-10-12-25(13-11-24)31(27,28)19-8-9-20(29-2)21(15-19)30-3/h4-9,15-16H,10-14H2,1-3H3. The molecule has 0 spiro atoms. The monoisotopic (exact) mass is 450 g/mol. The number of hydrogen-bond acceptors (Lipinski definition) is 5. The summed E-state index contributed by atoms with van der Waals surface area (Å²) in [6.45, 7) is 2.99. The van der Waals surface area contributed by atoms with Crippen LogP contribution in [0.25, 0.3) is 0 Å². The molecule has 0 bridgehead atoms. The van der Waals surface area contributed by atoms with E-state index in [2.05, 4.69) is 0 Å². The van der Waals surface area contributed by atoms with Gasteiger partial charge in [-0.3, -0.25) is 4.79 Å². The highest BCUT2D eigenvalue weighted by molar-refractivity contribution is 7.89. The maximum Gasteiger partial charge on any atom is 0.243 e. The number of carbonyl (C=O) groups excluding carboxylic acids is 1. The zero-order valence-corrected chi connectivity index (χ0v) is 18.7. The molecule has 0 aliphatic carbocycles. The topological polar surface area (TPSA) is 76.2 Å². The molecule has 1 aliphatic heterocycles. The van der Waals surface area contributed by atoms with Gasteiger partial charge in [-0.2, -0.15) is 4.31 Å². The van der Waals surface area contributed by atoms with E-state index in [9.17, 15) is 17.6 Å². The fourth-order valence-electron chi connectivity index (χ4n) is 3.60. The smallest absolute Gasteiger partial charge is 0.243 e. The van der Waals surface area contributed by atoms with Crippen LogP contribution in [0.5, 0.6) is 11.5 Å². The van der Waals surface area contributed by atoms with Gasteiger partial charge in [-0.1, -0.05) is 19.1 Å².